The fourth-order valence-electron chi connectivity index (χ4n) is 4.11. The maximum atomic E-state index is 13.5. The molecule has 2 aromatic rings. The Balaban J connectivity index is 1.75. The van der Waals surface area contributed by atoms with E-state index in [2.05, 4.69) is 21.3 Å². The van der Waals surface area contributed by atoms with Crippen molar-refractivity contribution < 1.29 is 23.2 Å². The van der Waals surface area contributed by atoms with Crippen molar-refractivity contribution >= 4 is 29.2 Å². The highest BCUT2D eigenvalue weighted by molar-refractivity contribution is 6.16. The first-order chi connectivity index (χ1) is 16.3. The van der Waals surface area contributed by atoms with E-state index in [9.17, 15) is 23.2 Å². The van der Waals surface area contributed by atoms with Crippen LogP contribution >= 0.6 is 0 Å². The Morgan fingerprint density at radius 1 is 1.00 bits per heavy atom. The van der Waals surface area contributed by atoms with E-state index < -0.39 is 40.9 Å². The molecular formula is C24H23F2N5O3. The first-order valence-electron chi connectivity index (χ1n) is 10.7. The molecule has 1 fully saturated rings. The van der Waals surface area contributed by atoms with Crippen LogP contribution in [0.4, 0.5) is 25.0 Å². The summed E-state index contributed by atoms with van der Waals surface area (Å²) >= 11 is 0. The van der Waals surface area contributed by atoms with Crippen LogP contribution in [0, 0.1) is 17.6 Å². The maximum Gasteiger partial charge on any atom is 0.312 e. The highest BCUT2D eigenvalue weighted by atomic mass is 19.1. The number of benzene rings is 2. The van der Waals surface area contributed by atoms with E-state index in [-0.39, 0.29) is 12.1 Å². The van der Waals surface area contributed by atoms with Crippen LogP contribution in [-0.2, 0) is 9.59 Å². The van der Waals surface area contributed by atoms with Gasteiger partial charge in [0.05, 0.1) is 11.5 Å². The molecule has 2 aliphatic rings. The molecule has 0 saturated carbocycles. The number of nitrogens with two attached hydrogens (primary N) is 1. The molecule has 1 aliphatic carbocycles. The van der Waals surface area contributed by atoms with Crippen molar-refractivity contribution in [1.82, 2.24) is 10.6 Å². The third kappa shape index (κ3) is 4.90. The number of fused-ring (bicyclic) bond motifs is 1. The van der Waals surface area contributed by atoms with Gasteiger partial charge in [-0.2, -0.15) is 0 Å². The van der Waals surface area contributed by atoms with Gasteiger partial charge in [0, 0.05) is 29.2 Å². The van der Waals surface area contributed by atoms with E-state index >= 15 is 0 Å². The van der Waals surface area contributed by atoms with Crippen LogP contribution in [0.15, 0.2) is 72.0 Å². The van der Waals surface area contributed by atoms with E-state index in [1.54, 1.807) is 36.4 Å². The molecular weight excluding hydrogens is 444 g/mol. The van der Waals surface area contributed by atoms with E-state index in [0.717, 1.165) is 0 Å². The predicted octanol–water partition coefficient (Wildman–Crippen LogP) is 2.77. The monoisotopic (exact) mass is 467 g/mol. The third-order valence-electron chi connectivity index (χ3n) is 5.71. The van der Waals surface area contributed by atoms with E-state index in [4.69, 9.17) is 5.73 Å². The van der Waals surface area contributed by atoms with Gasteiger partial charge < -0.3 is 21.7 Å². The lowest BCUT2D eigenvalue weighted by Crippen LogP contribution is -2.45. The Labute approximate surface area is 194 Å². The SMILES string of the molecule is NC(=O)NCCCC1(Nc2ccc(F)cc2)C=C2C(=O)NC(=O)C2C=C1Nc1ccc(F)cc1. The number of primary amides is 1. The zero-order valence-electron chi connectivity index (χ0n) is 18.0. The molecule has 34 heavy (non-hydrogen) atoms. The van der Waals surface area contributed by atoms with Gasteiger partial charge in [-0.3, -0.25) is 14.9 Å². The minimum Gasteiger partial charge on any atom is -0.371 e. The summed E-state index contributed by atoms with van der Waals surface area (Å²) in [6.45, 7) is 0.268. The van der Waals surface area contributed by atoms with Gasteiger partial charge in [-0.15, -0.1) is 0 Å². The maximum absolute atomic E-state index is 13.5. The first kappa shape index (κ1) is 23.0. The summed E-state index contributed by atoms with van der Waals surface area (Å²) in [6, 6.07) is 10.7. The van der Waals surface area contributed by atoms with Crippen LogP contribution < -0.4 is 27.0 Å². The number of rotatable bonds is 8. The standard InChI is InChI=1S/C24H23F2N5O3/c25-14-2-6-16(7-3-14)29-20-12-18-19(22(33)30-21(18)32)13-24(20,10-1-11-28-23(27)34)31-17-8-4-15(26)5-9-17/h2-9,12-13,18,29,31H,1,10-11H2,(H3,27,28,34)(H,30,32,33). The van der Waals surface area contributed by atoms with Gasteiger partial charge in [-0.25, -0.2) is 13.6 Å². The number of carbonyl (C=O) groups is 3. The second-order valence-electron chi connectivity index (χ2n) is 8.11. The lowest BCUT2D eigenvalue weighted by Gasteiger charge is -2.39. The summed E-state index contributed by atoms with van der Waals surface area (Å²) in [4.78, 5) is 36.0. The van der Waals surface area contributed by atoms with Crippen molar-refractivity contribution in [3.63, 3.8) is 0 Å². The molecule has 10 heteroatoms. The van der Waals surface area contributed by atoms with Crippen molar-refractivity contribution in [2.75, 3.05) is 17.2 Å². The summed E-state index contributed by atoms with van der Waals surface area (Å²) < 4.78 is 27.0. The molecule has 0 aromatic heterocycles. The number of amides is 4. The quantitative estimate of drug-likeness (QED) is 0.302. The summed E-state index contributed by atoms with van der Waals surface area (Å²) in [6.07, 6.45) is 4.14. The highest BCUT2D eigenvalue weighted by Crippen LogP contribution is 2.39. The molecule has 2 atom stereocenters. The van der Waals surface area contributed by atoms with Crippen LogP contribution in [0.25, 0.3) is 0 Å². The Kier molecular flexibility index (Phi) is 6.31. The van der Waals surface area contributed by atoms with Gasteiger partial charge in [0.25, 0.3) is 5.91 Å². The van der Waals surface area contributed by atoms with Crippen LogP contribution in [0.5, 0.6) is 0 Å². The minimum atomic E-state index is -1.04. The number of carbonyl (C=O) groups excluding carboxylic acids is 3. The third-order valence-corrected chi connectivity index (χ3v) is 5.71. The fraction of sp³-hybridized carbons (Fsp3) is 0.208. The number of anilines is 2. The minimum absolute atomic E-state index is 0.268. The largest absolute Gasteiger partial charge is 0.371 e. The van der Waals surface area contributed by atoms with Gasteiger partial charge in [0.1, 0.15) is 11.6 Å². The van der Waals surface area contributed by atoms with Gasteiger partial charge in [-0.05, 0) is 73.5 Å². The van der Waals surface area contributed by atoms with Crippen molar-refractivity contribution in [1.29, 1.82) is 0 Å². The number of imide groups is 1. The Bertz CT molecular complexity index is 1180. The number of nitrogens with one attached hydrogen (secondary N) is 4. The molecule has 1 aliphatic heterocycles. The highest BCUT2D eigenvalue weighted by Gasteiger charge is 2.45. The van der Waals surface area contributed by atoms with E-state index in [1.807, 2.05) is 0 Å². The molecule has 0 spiro atoms. The van der Waals surface area contributed by atoms with E-state index in [1.165, 1.54) is 24.3 Å². The molecule has 6 N–H and O–H groups in total. The van der Waals surface area contributed by atoms with Gasteiger partial charge >= 0.3 is 6.03 Å². The molecule has 176 valence electrons. The molecule has 4 amide bonds. The number of halogens is 2. The summed E-state index contributed by atoms with van der Waals surface area (Å²) in [5.74, 6) is -2.54. The van der Waals surface area contributed by atoms with Crippen molar-refractivity contribution in [2.45, 2.75) is 18.4 Å². The smallest absolute Gasteiger partial charge is 0.312 e. The second-order valence-corrected chi connectivity index (χ2v) is 8.11. The lowest BCUT2D eigenvalue weighted by atomic mass is 9.78. The van der Waals surface area contributed by atoms with Crippen molar-refractivity contribution in [3.05, 3.63) is 83.6 Å². The van der Waals surface area contributed by atoms with Gasteiger partial charge in [0.15, 0.2) is 0 Å². The number of hydrogen-bond acceptors (Lipinski definition) is 5. The van der Waals surface area contributed by atoms with Crippen LogP contribution in [0.2, 0.25) is 0 Å². The Morgan fingerprint density at radius 2 is 1.62 bits per heavy atom. The predicted molar refractivity (Wildman–Crippen MR) is 122 cm³/mol. The average Bonchev–Trinajstić information content (AvgIpc) is 3.07. The topological polar surface area (TPSA) is 125 Å². The van der Waals surface area contributed by atoms with Crippen molar-refractivity contribution in [3.8, 4) is 0 Å². The zero-order valence-corrected chi connectivity index (χ0v) is 18.0. The van der Waals surface area contributed by atoms with Crippen molar-refractivity contribution in [2.24, 2.45) is 11.7 Å². The molecule has 0 radical (unpaired) electrons. The molecule has 1 saturated heterocycles. The molecule has 1 heterocycles. The van der Waals surface area contributed by atoms with Gasteiger partial charge in [0.2, 0.25) is 5.91 Å². The molecule has 2 aromatic carbocycles. The summed E-state index contributed by atoms with van der Waals surface area (Å²) in [5.41, 5.74) is 6.08. The first-order valence-corrected chi connectivity index (χ1v) is 10.7. The molecule has 4 rings (SSSR count). The number of urea groups is 1. The summed E-state index contributed by atoms with van der Waals surface area (Å²) in [7, 11) is 0. The molecule has 8 nitrogen and oxygen atoms in total. The van der Waals surface area contributed by atoms with Crippen LogP contribution in [0.3, 0.4) is 0 Å². The Hall–Kier alpha value is -4.21. The Morgan fingerprint density at radius 3 is 2.24 bits per heavy atom. The zero-order chi connectivity index (χ0) is 24.3. The second kappa shape index (κ2) is 9.34. The fourth-order valence-corrected chi connectivity index (χ4v) is 4.11. The van der Waals surface area contributed by atoms with Crippen LogP contribution in [0.1, 0.15) is 12.8 Å². The molecule has 2 unspecified atom stereocenters. The lowest BCUT2D eigenvalue weighted by molar-refractivity contribution is -0.125. The number of hydrogen-bond donors (Lipinski definition) is 5. The molecule has 0 bridgehead atoms. The summed E-state index contributed by atoms with van der Waals surface area (Å²) in [5, 5.41) is 11.5. The van der Waals surface area contributed by atoms with Gasteiger partial charge in [-0.1, -0.05) is 0 Å². The average molecular weight is 467 g/mol. The van der Waals surface area contributed by atoms with Crippen LogP contribution in [-0.4, -0.2) is 29.9 Å². The van der Waals surface area contributed by atoms with E-state index in [0.29, 0.717) is 29.9 Å². The normalized spacial score (nSPS) is 21.2.